The molecule has 1 rings (SSSR count). The molecule has 0 aromatic heterocycles. The molecule has 0 saturated heterocycles. The Labute approximate surface area is 157 Å². The molecule has 4 nitrogen and oxygen atoms in total. The van der Waals surface area contributed by atoms with E-state index < -0.39 is 19.7 Å². The van der Waals surface area contributed by atoms with Crippen LogP contribution >= 0.6 is 69.6 Å². The van der Waals surface area contributed by atoms with E-state index in [9.17, 15) is 4.79 Å². The smallest absolute Gasteiger partial charge is 0.275 e. The number of benzene rings is 1. The predicted octanol–water partition coefficient (Wildman–Crippen LogP) is 4.65. The Balaban J connectivity index is 2.98. The Morgan fingerprint density at radius 2 is 1.68 bits per heavy atom. The van der Waals surface area contributed by atoms with Crippen LogP contribution in [0.25, 0.3) is 0 Å². The van der Waals surface area contributed by atoms with E-state index in [1.54, 1.807) is 31.2 Å². The van der Waals surface area contributed by atoms with Gasteiger partial charge in [-0.2, -0.15) is 0 Å². The van der Waals surface area contributed by atoms with Gasteiger partial charge >= 0.3 is 0 Å². The van der Waals surface area contributed by atoms with Gasteiger partial charge in [0.05, 0.1) is 6.61 Å². The first-order valence-corrected chi connectivity index (χ1v) is 8.15. The fraction of sp³-hybridized carbons (Fsp3) is 0.417. The van der Waals surface area contributed by atoms with Crippen LogP contribution in [0.3, 0.4) is 0 Å². The first-order valence-electron chi connectivity index (χ1n) is 5.88. The summed E-state index contributed by atoms with van der Waals surface area (Å²) >= 11 is 33.8. The Morgan fingerprint density at radius 3 is 2.14 bits per heavy atom. The second-order valence-electron chi connectivity index (χ2n) is 3.89. The van der Waals surface area contributed by atoms with Crippen LogP contribution in [0.5, 0.6) is 11.5 Å². The van der Waals surface area contributed by atoms with Crippen LogP contribution in [-0.4, -0.2) is 26.3 Å². The lowest BCUT2D eigenvalue weighted by Crippen LogP contribution is -2.51. The van der Waals surface area contributed by atoms with Crippen LogP contribution in [0, 0.1) is 0 Å². The van der Waals surface area contributed by atoms with Crippen molar-refractivity contribution < 1.29 is 14.3 Å². The molecule has 0 saturated carbocycles. The fourth-order valence-electron chi connectivity index (χ4n) is 1.33. The largest absolute Gasteiger partial charge is 0.490 e. The topological polar surface area (TPSA) is 47.6 Å². The number of halogens is 6. The van der Waals surface area contributed by atoms with E-state index in [0.717, 1.165) is 0 Å². The maximum absolute atomic E-state index is 11.7. The average molecular weight is 430 g/mol. The number of amides is 1. The lowest BCUT2D eigenvalue weighted by Gasteiger charge is -2.28. The number of hydrogen-bond acceptors (Lipinski definition) is 3. The molecule has 0 fully saturated rings. The van der Waals surface area contributed by atoms with Crippen LogP contribution in [0.15, 0.2) is 24.3 Å². The third-order valence-electron chi connectivity index (χ3n) is 2.21. The van der Waals surface area contributed by atoms with E-state index in [0.29, 0.717) is 12.4 Å². The van der Waals surface area contributed by atoms with Gasteiger partial charge in [0.2, 0.25) is 10.0 Å². The monoisotopic (exact) mass is 427 g/mol. The van der Waals surface area contributed by atoms with Gasteiger partial charge in [-0.1, -0.05) is 81.7 Å². The zero-order valence-electron chi connectivity index (χ0n) is 11.1. The molecule has 1 atom stereocenters. The summed E-state index contributed by atoms with van der Waals surface area (Å²) in [7, 11) is 0. The van der Waals surface area contributed by atoms with Gasteiger partial charge in [0.1, 0.15) is 0 Å². The van der Waals surface area contributed by atoms with Gasteiger partial charge in [-0.3, -0.25) is 4.79 Å². The summed E-state index contributed by atoms with van der Waals surface area (Å²) < 4.78 is 6.64. The normalized spacial score (nSPS) is 13.4. The van der Waals surface area contributed by atoms with Gasteiger partial charge in [0.15, 0.2) is 11.5 Å². The second-order valence-corrected chi connectivity index (χ2v) is 8.54. The van der Waals surface area contributed by atoms with Crippen molar-refractivity contribution in [3.8, 4) is 11.5 Å². The standard InChI is InChI=1S/C12H11Cl6NO3/c1-2-21-7-5-3-4-6-8(7)22-10(12(16,17)18)19-9(20)11(13,14)15/h3-6,10H,2H2,1H3,(H,19,20). The van der Waals surface area contributed by atoms with E-state index in [2.05, 4.69) is 5.32 Å². The highest BCUT2D eigenvalue weighted by Gasteiger charge is 2.41. The van der Waals surface area contributed by atoms with Crippen LogP contribution in [0.2, 0.25) is 0 Å². The predicted molar refractivity (Wildman–Crippen MR) is 90.7 cm³/mol. The minimum absolute atomic E-state index is 0.255. The van der Waals surface area contributed by atoms with E-state index in [1.165, 1.54) is 0 Å². The summed E-state index contributed by atoms with van der Waals surface area (Å²) in [5, 5.41) is 2.21. The maximum atomic E-state index is 11.7. The van der Waals surface area contributed by atoms with Crippen molar-refractivity contribution in [3.05, 3.63) is 24.3 Å². The molecule has 1 unspecified atom stereocenters. The zero-order valence-corrected chi connectivity index (χ0v) is 15.6. The Bertz CT molecular complexity index is 514. The quantitative estimate of drug-likeness (QED) is 0.547. The number of para-hydroxylation sites is 2. The molecule has 124 valence electrons. The van der Waals surface area contributed by atoms with Crippen molar-refractivity contribution in [1.29, 1.82) is 0 Å². The first-order chi connectivity index (χ1) is 10.1. The Kier molecular flexibility index (Phi) is 7.50. The molecule has 0 radical (unpaired) electrons. The number of carbonyl (C=O) groups excluding carboxylic acids is 1. The minimum atomic E-state index is -2.23. The molecule has 0 heterocycles. The zero-order chi connectivity index (χ0) is 17.0. The van der Waals surface area contributed by atoms with Crippen LogP contribution in [-0.2, 0) is 4.79 Å². The van der Waals surface area contributed by atoms with Crippen molar-refractivity contribution >= 4 is 75.5 Å². The molecule has 0 spiro atoms. The van der Waals surface area contributed by atoms with E-state index in [1.807, 2.05) is 0 Å². The molecule has 1 N–H and O–H groups in total. The number of ether oxygens (including phenoxy) is 2. The van der Waals surface area contributed by atoms with Crippen LogP contribution < -0.4 is 14.8 Å². The third-order valence-corrected chi connectivity index (χ3v) is 3.32. The summed E-state index contributed by atoms with van der Waals surface area (Å²) in [6, 6.07) is 6.66. The molecule has 0 aliphatic carbocycles. The van der Waals surface area contributed by atoms with Crippen LogP contribution in [0.1, 0.15) is 6.92 Å². The highest BCUT2D eigenvalue weighted by atomic mass is 35.6. The highest BCUT2D eigenvalue weighted by molar-refractivity contribution is 6.76. The number of nitrogens with one attached hydrogen (secondary N) is 1. The van der Waals surface area contributed by atoms with Gasteiger partial charge in [-0.05, 0) is 19.1 Å². The summed E-state index contributed by atoms with van der Waals surface area (Å²) in [6.45, 7) is 2.20. The van der Waals surface area contributed by atoms with E-state index in [-0.39, 0.29) is 5.75 Å². The molecule has 0 aliphatic rings. The molecule has 1 aromatic rings. The number of rotatable bonds is 5. The lowest BCUT2D eigenvalue weighted by molar-refractivity contribution is -0.122. The molecule has 1 aromatic carbocycles. The third kappa shape index (κ3) is 6.26. The summed E-state index contributed by atoms with van der Waals surface area (Å²) in [4.78, 5) is 11.7. The van der Waals surface area contributed by atoms with E-state index >= 15 is 0 Å². The van der Waals surface area contributed by atoms with Gasteiger partial charge in [-0.25, -0.2) is 0 Å². The second kappa shape index (κ2) is 8.22. The Hall–Kier alpha value is 0.0300. The molecule has 0 aliphatic heterocycles. The van der Waals surface area contributed by atoms with Gasteiger partial charge in [0, 0.05) is 0 Å². The van der Waals surface area contributed by atoms with Gasteiger partial charge < -0.3 is 14.8 Å². The molecule has 10 heteroatoms. The average Bonchev–Trinajstić information content (AvgIpc) is 2.38. The molecular weight excluding hydrogens is 419 g/mol. The van der Waals surface area contributed by atoms with Crippen molar-refractivity contribution in [3.63, 3.8) is 0 Å². The van der Waals surface area contributed by atoms with Gasteiger partial charge in [0.25, 0.3) is 9.70 Å². The van der Waals surface area contributed by atoms with Crippen molar-refractivity contribution in [1.82, 2.24) is 5.32 Å². The molecule has 22 heavy (non-hydrogen) atoms. The Morgan fingerprint density at radius 1 is 1.14 bits per heavy atom. The number of hydrogen-bond donors (Lipinski definition) is 1. The van der Waals surface area contributed by atoms with E-state index in [4.69, 9.17) is 79.1 Å². The first kappa shape index (κ1) is 20.1. The summed E-state index contributed by atoms with van der Waals surface area (Å²) in [5.74, 6) is -0.333. The maximum Gasteiger partial charge on any atom is 0.275 e. The fourth-order valence-corrected chi connectivity index (χ4v) is 1.79. The highest BCUT2D eigenvalue weighted by Crippen LogP contribution is 2.36. The molecule has 0 bridgehead atoms. The van der Waals surface area contributed by atoms with Crippen molar-refractivity contribution in [2.45, 2.75) is 20.7 Å². The van der Waals surface area contributed by atoms with Gasteiger partial charge in [-0.15, -0.1) is 0 Å². The number of alkyl halides is 6. The summed E-state index contributed by atoms with van der Waals surface area (Å²) in [6.07, 6.45) is -1.40. The number of carbonyl (C=O) groups is 1. The molecular formula is C12H11Cl6NO3. The molecule has 1 amide bonds. The summed E-state index contributed by atoms with van der Waals surface area (Å²) in [5.41, 5.74) is 0. The minimum Gasteiger partial charge on any atom is -0.490 e. The van der Waals surface area contributed by atoms with Crippen molar-refractivity contribution in [2.75, 3.05) is 6.61 Å². The lowest BCUT2D eigenvalue weighted by atomic mass is 10.3. The SMILES string of the molecule is CCOc1ccccc1OC(NC(=O)C(Cl)(Cl)Cl)C(Cl)(Cl)Cl. The van der Waals surface area contributed by atoms with Crippen LogP contribution in [0.4, 0.5) is 0 Å². The van der Waals surface area contributed by atoms with Crippen molar-refractivity contribution in [2.24, 2.45) is 0 Å².